The van der Waals surface area contributed by atoms with Crippen LogP contribution in [0.1, 0.15) is 63.5 Å². The lowest BCUT2D eigenvalue weighted by atomic mass is 10.1. The van der Waals surface area contributed by atoms with Crippen molar-refractivity contribution in [2.24, 2.45) is 0 Å². The first-order chi connectivity index (χ1) is 13.7. The average molecular weight is 380 g/mol. The van der Waals surface area contributed by atoms with Crippen LogP contribution in [0.4, 0.5) is 5.82 Å². The lowest BCUT2D eigenvalue weighted by molar-refractivity contribution is -0.144. The maximum atomic E-state index is 12.6. The van der Waals surface area contributed by atoms with Crippen molar-refractivity contribution >= 4 is 22.8 Å². The van der Waals surface area contributed by atoms with E-state index in [9.17, 15) is 10.1 Å². The molecule has 0 radical (unpaired) electrons. The Morgan fingerprint density at radius 3 is 2.50 bits per heavy atom. The third kappa shape index (κ3) is 4.78. The molecular weight excluding hydrogens is 352 g/mol. The van der Waals surface area contributed by atoms with Gasteiger partial charge in [0.1, 0.15) is 5.69 Å². The zero-order chi connectivity index (χ0) is 19.8. The van der Waals surface area contributed by atoms with Crippen LogP contribution in [0.3, 0.4) is 0 Å². The molecule has 3 rings (SSSR count). The van der Waals surface area contributed by atoms with E-state index in [2.05, 4.69) is 22.9 Å². The summed E-state index contributed by atoms with van der Waals surface area (Å²) in [5, 5.41) is 9.72. The van der Waals surface area contributed by atoms with Crippen LogP contribution in [-0.2, 0) is 9.53 Å². The van der Waals surface area contributed by atoms with E-state index in [0.717, 1.165) is 50.7 Å². The van der Waals surface area contributed by atoms with E-state index in [1.165, 1.54) is 12.8 Å². The lowest BCUT2D eigenvalue weighted by Crippen LogP contribution is -2.25. The predicted octanol–water partition coefficient (Wildman–Crippen LogP) is 4.35. The van der Waals surface area contributed by atoms with Crippen molar-refractivity contribution in [3.63, 3.8) is 0 Å². The first-order valence-electron chi connectivity index (χ1n) is 10.3. The molecule has 1 aliphatic rings. The number of aromatic nitrogens is 2. The summed E-state index contributed by atoms with van der Waals surface area (Å²) in [4.78, 5) is 24.2. The Morgan fingerprint density at radius 1 is 1.14 bits per heavy atom. The number of hydrogen-bond acceptors (Lipinski definition) is 6. The molecule has 0 saturated carbocycles. The number of hydrogen-bond donors (Lipinski definition) is 0. The highest BCUT2D eigenvalue weighted by atomic mass is 16.5. The third-order valence-corrected chi connectivity index (χ3v) is 5.11. The smallest absolute Gasteiger partial charge is 0.329 e. The Hall–Kier alpha value is -2.68. The van der Waals surface area contributed by atoms with E-state index in [0.29, 0.717) is 23.6 Å². The fourth-order valence-electron chi connectivity index (χ4n) is 3.55. The minimum atomic E-state index is -1.05. The molecule has 1 unspecified atom stereocenters. The standard InChI is InChI=1S/C22H28N4O2/c1-2-3-4-5-10-15-28-22(27)17(16-23)20-21(26-13-8-9-14-26)25-19-12-7-6-11-18(19)24-20/h6-7,11-12,17H,2-5,8-10,13-15H2,1H3. The molecule has 0 spiro atoms. The van der Waals surface area contributed by atoms with Crippen LogP contribution in [0.25, 0.3) is 11.0 Å². The number of fused-ring (bicyclic) bond motifs is 1. The van der Waals surface area contributed by atoms with E-state index in [1.54, 1.807) is 0 Å². The van der Waals surface area contributed by atoms with Gasteiger partial charge in [-0.15, -0.1) is 0 Å². The minimum Gasteiger partial charge on any atom is -0.464 e. The number of carbonyl (C=O) groups excluding carboxylic acids is 1. The number of benzene rings is 1. The van der Waals surface area contributed by atoms with Crippen LogP contribution in [0.2, 0.25) is 0 Å². The van der Waals surface area contributed by atoms with Crippen LogP contribution in [0.15, 0.2) is 24.3 Å². The molecular formula is C22H28N4O2. The highest BCUT2D eigenvalue weighted by Crippen LogP contribution is 2.30. The largest absolute Gasteiger partial charge is 0.464 e. The maximum Gasteiger partial charge on any atom is 0.329 e. The first-order valence-corrected chi connectivity index (χ1v) is 10.3. The van der Waals surface area contributed by atoms with Gasteiger partial charge in [-0.1, -0.05) is 44.7 Å². The first kappa shape index (κ1) is 20.1. The summed E-state index contributed by atoms with van der Waals surface area (Å²) in [7, 11) is 0. The number of nitrogens with zero attached hydrogens (tertiary/aromatic N) is 4. The number of nitriles is 1. The Morgan fingerprint density at radius 2 is 1.82 bits per heavy atom. The van der Waals surface area contributed by atoms with Crippen molar-refractivity contribution in [2.75, 3.05) is 24.6 Å². The topological polar surface area (TPSA) is 79.1 Å². The van der Waals surface area contributed by atoms with Crippen molar-refractivity contribution in [1.82, 2.24) is 9.97 Å². The van der Waals surface area contributed by atoms with Gasteiger partial charge in [-0.2, -0.15) is 5.26 Å². The second-order valence-electron chi connectivity index (χ2n) is 7.26. The fourth-order valence-corrected chi connectivity index (χ4v) is 3.55. The van der Waals surface area contributed by atoms with Crippen molar-refractivity contribution < 1.29 is 9.53 Å². The van der Waals surface area contributed by atoms with Crippen LogP contribution >= 0.6 is 0 Å². The molecule has 28 heavy (non-hydrogen) atoms. The van der Waals surface area contributed by atoms with Gasteiger partial charge in [-0.25, -0.2) is 9.97 Å². The van der Waals surface area contributed by atoms with Gasteiger partial charge in [0.05, 0.1) is 23.7 Å². The van der Waals surface area contributed by atoms with Crippen molar-refractivity contribution in [2.45, 2.75) is 57.8 Å². The number of para-hydroxylation sites is 2. The third-order valence-electron chi connectivity index (χ3n) is 5.11. The van der Waals surface area contributed by atoms with E-state index in [1.807, 2.05) is 24.3 Å². The molecule has 1 aliphatic heterocycles. The summed E-state index contributed by atoms with van der Waals surface area (Å²) in [6.07, 6.45) is 7.53. The Balaban J connectivity index is 1.79. The Bertz CT molecular complexity index is 840. The van der Waals surface area contributed by atoms with Crippen LogP contribution in [0, 0.1) is 11.3 Å². The van der Waals surface area contributed by atoms with Gasteiger partial charge in [0.15, 0.2) is 11.7 Å². The summed E-state index contributed by atoms with van der Waals surface area (Å²) < 4.78 is 5.41. The fraction of sp³-hybridized carbons (Fsp3) is 0.545. The summed E-state index contributed by atoms with van der Waals surface area (Å²) in [6.45, 7) is 4.25. The Kier molecular flexibility index (Phi) is 7.18. The molecule has 6 heteroatoms. The number of unbranched alkanes of at least 4 members (excludes halogenated alkanes) is 4. The zero-order valence-electron chi connectivity index (χ0n) is 16.6. The number of rotatable bonds is 9. The molecule has 0 bridgehead atoms. The van der Waals surface area contributed by atoms with Gasteiger partial charge in [0, 0.05) is 13.1 Å². The molecule has 148 valence electrons. The molecule has 0 amide bonds. The summed E-state index contributed by atoms with van der Waals surface area (Å²) in [5.74, 6) is -0.936. The van der Waals surface area contributed by atoms with Gasteiger partial charge >= 0.3 is 5.97 Å². The molecule has 0 aliphatic carbocycles. The molecule has 2 heterocycles. The minimum absolute atomic E-state index is 0.348. The SMILES string of the molecule is CCCCCCCOC(=O)C(C#N)c1nc2ccccc2nc1N1CCCC1. The number of esters is 1. The number of carbonyl (C=O) groups is 1. The summed E-state index contributed by atoms with van der Waals surface area (Å²) in [5.41, 5.74) is 1.88. The molecule has 0 N–H and O–H groups in total. The molecule has 1 atom stereocenters. The maximum absolute atomic E-state index is 12.6. The predicted molar refractivity (Wildman–Crippen MR) is 109 cm³/mol. The van der Waals surface area contributed by atoms with Crippen LogP contribution in [-0.4, -0.2) is 35.6 Å². The molecule has 6 nitrogen and oxygen atoms in total. The van der Waals surface area contributed by atoms with Crippen molar-refractivity contribution in [1.29, 1.82) is 5.26 Å². The molecule has 1 saturated heterocycles. The van der Waals surface area contributed by atoms with Crippen molar-refractivity contribution in [3.05, 3.63) is 30.0 Å². The van der Waals surface area contributed by atoms with E-state index < -0.39 is 11.9 Å². The second-order valence-corrected chi connectivity index (χ2v) is 7.26. The molecule has 2 aromatic rings. The summed E-state index contributed by atoms with van der Waals surface area (Å²) >= 11 is 0. The molecule has 1 aromatic carbocycles. The average Bonchev–Trinajstić information content (AvgIpc) is 3.25. The highest BCUT2D eigenvalue weighted by Gasteiger charge is 2.30. The second kappa shape index (κ2) is 10.0. The Labute approximate surface area is 166 Å². The quantitative estimate of drug-likeness (QED) is 0.475. The monoisotopic (exact) mass is 380 g/mol. The number of anilines is 1. The molecule has 1 aromatic heterocycles. The van der Waals surface area contributed by atoms with Gasteiger partial charge in [-0.05, 0) is 31.4 Å². The van der Waals surface area contributed by atoms with Gasteiger partial charge in [0.2, 0.25) is 0 Å². The highest BCUT2D eigenvalue weighted by molar-refractivity contribution is 5.85. The van der Waals surface area contributed by atoms with Gasteiger partial charge in [0.25, 0.3) is 0 Å². The summed E-state index contributed by atoms with van der Waals surface area (Å²) in [6, 6.07) is 9.66. The van der Waals surface area contributed by atoms with Gasteiger partial charge in [-0.3, -0.25) is 4.79 Å². The van der Waals surface area contributed by atoms with E-state index >= 15 is 0 Å². The lowest BCUT2D eigenvalue weighted by Gasteiger charge is -2.21. The van der Waals surface area contributed by atoms with E-state index in [4.69, 9.17) is 9.72 Å². The zero-order valence-corrected chi connectivity index (χ0v) is 16.6. The van der Waals surface area contributed by atoms with Crippen molar-refractivity contribution in [3.8, 4) is 6.07 Å². The molecule has 1 fully saturated rings. The van der Waals surface area contributed by atoms with E-state index in [-0.39, 0.29) is 0 Å². The van der Waals surface area contributed by atoms with Gasteiger partial charge < -0.3 is 9.64 Å². The normalized spacial score (nSPS) is 14.8. The van der Waals surface area contributed by atoms with Crippen LogP contribution < -0.4 is 4.90 Å². The van der Waals surface area contributed by atoms with Crippen LogP contribution in [0.5, 0.6) is 0 Å². The number of ether oxygens (including phenoxy) is 1.